The van der Waals surface area contributed by atoms with Gasteiger partial charge < -0.3 is 0 Å². The van der Waals surface area contributed by atoms with Gasteiger partial charge in [-0.3, -0.25) is 4.94 Å². The fourth-order valence-electron chi connectivity index (χ4n) is 0.243. The van der Waals surface area contributed by atoms with E-state index < -0.39 is 5.97 Å². The quantitative estimate of drug-likeness (QED) is 0.529. The summed E-state index contributed by atoms with van der Waals surface area (Å²) in [6, 6.07) is 0. The van der Waals surface area contributed by atoms with Gasteiger partial charge in [0.15, 0.2) is 0 Å². The first kappa shape index (κ1) is 6.40. The standard InChI is InChI=1S/C4H7FO2/c1-2-3-4(6)7-5/h2-3H2,1H3. The average molecular weight is 106 g/mol. The summed E-state index contributed by atoms with van der Waals surface area (Å²) in [6.07, 6.45) is 0.791. The molecular formula is C4H7FO2. The Bertz CT molecular complexity index is 62.7. The van der Waals surface area contributed by atoms with Crippen LogP contribution in [0.1, 0.15) is 19.8 Å². The van der Waals surface area contributed by atoms with Crippen LogP contribution in [0.2, 0.25) is 0 Å². The minimum atomic E-state index is -0.789. The summed E-state index contributed by atoms with van der Waals surface area (Å²) in [5.74, 6) is -0.789. The Morgan fingerprint density at radius 3 is 2.57 bits per heavy atom. The Hall–Kier alpha value is -0.600. The van der Waals surface area contributed by atoms with Crippen molar-refractivity contribution in [1.82, 2.24) is 0 Å². The van der Waals surface area contributed by atoms with Gasteiger partial charge in [0.2, 0.25) is 0 Å². The minimum Gasteiger partial charge on any atom is -0.255 e. The van der Waals surface area contributed by atoms with Gasteiger partial charge in [-0.05, 0) is 6.42 Å². The molecule has 7 heavy (non-hydrogen) atoms. The minimum absolute atomic E-state index is 0.163. The summed E-state index contributed by atoms with van der Waals surface area (Å²) in [7, 11) is 0. The van der Waals surface area contributed by atoms with Crippen LogP contribution in [-0.2, 0) is 9.74 Å². The molecule has 0 rings (SSSR count). The SMILES string of the molecule is CCCC(=O)OF. The van der Waals surface area contributed by atoms with E-state index in [1.54, 1.807) is 6.92 Å². The molecule has 0 bridgehead atoms. The molecular weight excluding hydrogens is 99.0 g/mol. The smallest absolute Gasteiger partial charge is 0.255 e. The topological polar surface area (TPSA) is 26.3 Å². The molecule has 0 amide bonds. The Morgan fingerprint density at radius 1 is 1.86 bits per heavy atom. The van der Waals surface area contributed by atoms with Gasteiger partial charge in [0.1, 0.15) is 0 Å². The number of hydrogen-bond acceptors (Lipinski definition) is 2. The van der Waals surface area contributed by atoms with E-state index in [9.17, 15) is 9.32 Å². The highest BCUT2D eigenvalue weighted by atomic mass is 19.3. The van der Waals surface area contributed by atoms with Crippen LogP contribution in [0.5, 0.6) is 0 Å². The van der Waals surface area contributed by atoms with Crippen molar-refractivity contribution in [3.63, 3.8) is 0 Å². The highest BCUT2D eigenvalue weighted by Crippen LogP contribution is 1.89. The van der Waals surface area contributed by atoms with Gasteiger partial charge in [0.05, 0.1) is 0 Å². The van der Waals surface area contributed by atoms with E-state index in [2.05, 4.69) is 4.94 Å². The highest BCUT2D eigenvalue weighted by molar-refractivity contribution is 5.68. The molecule has 0 unspecified atom stereocenters. The molecule has 0 aliphatic heterocycles. The summed E-state index contributed by atoms with van der Waals surface area (Å²) in [5, 5.41) is 0. The molecule has 0 atom stereocenters. The molecule has 0 aliphatic carbocycles. The van der Waals surface area contributed by atoms with Crippen LogP contribution in [0.15, 0.2) is 0 Å². The monoisotopic (exact) mass is 106 g/mol. The zero-order valence-corrected chi connectivity index (χ0v) is 4.11. The van der Waals surface area contributed by atoms with E-state index in [0.717, 1.165) is 0 Å². The van der Waals surface area contributed by atoms with Crippen LogP contribution in [0, 0.1) is 0 Å². The van der Waals surface area contributed by atoms with Crippen molar-refractivity contribution in [2.75, 3.05) is 0 Å². The lowest BCUT2D eigenvalue weighted by Crippen LogP contribution is -1.94. The van der Waals surface area contributed by atoms with Gasteiger partial charge in [-0.15, -0.1) is 0 Å². The first-order chi connectivity index (χ1) is 3.31. The number of carbonyl (C=O) groups is 1. The summed E-state index contributed by atoms with van der Waals surface area (Å²) >= 11 is 0. The summed E-state index contributed by atoms with van der Waals surface area (Å²) in [6.45, 7) is 1.77. The van der Waals surface area contributed by atoms with Crippen LogP contribution < -0.4 is 0 Å². The van der Waals surface area contributed by atoms with Gasteiger partial charge in [-0.25, -0.2) is 4.79 Å². The second-order valence-corrected chi connectivity index (χ2v) is 1.20. The summed E-state index contributed by atoms with van der Waals surface area (Å²) < 4.78 is 10.7. The number of carbonyl (C=O) groups excluding carboxylic acids is 1. The second kappa shape index (κ2) is 3.59. The Balaban J connectivity index is 3.00. The molecule has 0 radical (unpaired) electrons. The van der Waals surface area contributed by atoms with E-state index in [-0.39, 0.29) is 6.42 Å². The fraction of sp³-hybridized carbons (Fsp3) is 0.750. The fourth-order valence-corrected chi connectivity index (χ4v) is 0.243. The van der Waals surface area contributed by atoms with Crippen LogP contribution in [0.4, 0.5) is 4.53 Å². The first-order valence-electron chi connectivity index (χ1n) is 2.12. The summed E-state index contributed by atoms with van der Waals surface area (Å²) in [4.78, 5) is 12.7. The van der Waals surface area contributed by atoms with Crippen molar-refractivity contribution in [2.24, 2.45) is 0 Å². The molecule has 2 nitrogen and oxygen atoms in total. The number of hydrogen-bond donors (Lipinski definition) is 0. The lowest BCUT2D eigenvalue weighted by molar-refractivity contribution is -0.183. The maximum atomic E-state index is 10.7. The van der Waals surface area contributed by atoms with Crippen molar-refractivity contribution in [1.29, 1.82) is 0 Å². The van der Waals surface area contributed by atoms with E-state index in [0.29, 0.717) is 6.42 Å². The van der Waals surface area contributed by atoms with Gasteiger partial charge in [0.25, 0.3) is 0 Å². The zero-order chi connectivity index (χ0) is 5.70. The highest BCUT2D eigenvalue weighted by Gasteiger charge is 1.96. The van der Waals surface area contributed by atoms with Crippen molar-refractivity contribution >= 4 is 5.97 Å². The van der Waals surface area contributed by atoms with Crippen LogP contribution in [0.3, 0.4) is 0 Å². The van der Waals surface area contributed by atoms with Crippen molar-refractivity contribution < 1.29 is 14.3 Å². The number of rotatable bonds is 2. The predicted octanol–water partition coefficient (Wildman–Crippen LogP) is 1.21. The van der Waals surface area contributed by atoms with Gasteiger partial charge in [-0.2, -0.15) is 0 Å². The van der Waals surface area contributed by atoms with E-state index in [1.807, 2.05) is 0 Å². The maximum Gasteiger partial charge on any atom is 0.348 e. The maximum absolute atomic E-state index is 10.7. The Kier molecular flexibility index (Phi) is 3.28. The van der Waals surface area contributed by atoms with Gasteiger partial charge in [-0.1, -0.05) is 6.92 Å². The zero-order valence-electron chi connectivity index (χ0n) is 4.11. The molecule has 0 saturated carbocycles. The normalized spacial score (nSPS) is 8.29. The molecule has 0 aliphatic rings. The van der Waals surface area contributed by atoms with Gasteiger partial charge >= 0.3 is 5.97 Å². The molecule has 0 saturated heterocycles. The molecule has 0 aromatic heterocycles. The predicted molar refractivity (Wildman–Crippen MR) is 22.1 cm³/mol. The third-order valence-corrected chi connectivity index (χ3v) is 0.540. The second-order valence-electron chi connectivity index (χ2n) is 1.20. The van der Waals surface area contributed by atoms with Crippen molar-refractivity contribution in [2.45, 2.75) is 19.8 Å². The van der Waals surface area contributed by atoms with Crippen molar-refractivity contribution in [3.05, 3.63) is 0 Å². The van der Waals surface area contributed by atoms with Crippen LogP contribution >= 0.6 is 0 Å². The van der Waals surface area contributed by atoms with Crippen LogP contribution in [-0.4, -0.2) is 5.97 Å². The van der Waals surface area contributed by atoms with E-state index in [4.69, 9.17) is 0 Å². The molecule has 0 heterocycles. The third-order valence-electron chi connectivity index (χ3n) is 0.540. The molecule has 3 heteroatoms. The molecule has 0 N–H and O–H groups in total. The van der Waals surface area contributed by atoms with E-state index in [1.165, 1.54) is 0 Å². The first-order valence-corrected chi connectivity index (χ1v) is 2.12. The summed E-state index contributed by atoms with van der Waals surface area (Å²) in [5.41, 5.74) is 0. The lowest BCUT2D eigenvalue weighted by Gasteiger charge is -1.84. The average Bonchev–Trinajstić information content (AvgIpc) is 1.68. The lowest BCUT2D eigenvalue weighted by atomic mass is 10.4. The third kappa shape index (κ3) is 3.22. The molecule has 0 aromatic rings. The van der Waals surface area contributed by atoms with E-state index >= 15 is 0 Å². The number of halogens is 1. The molecule has 42 valence electrons. The largest absolute Gasteiger partial charge is 0.348 e. The van der Waals surface area contributed by atoms with Crippen LogP contribution in [0.25, 0.3) is 0 Å². The van der Waals surface area contributed by atoms with Crippen molar-refractivity contribution in [3.8, 4) is 0 Å². The van der Waals surface area contributed by atoms with Gasteiger partial charge in [0, 0.05) is 10.9 Å². The molecule has 0 aromatic carbocycles. The Morgan fingerprint density at radius 2 is 2.43 bits per heavy atom. The molecule has 0 spiro atoms. The molecule has 0 fully saturated rings. The Labute approximate surface area is 41.2 Å².